The Labute approximate surface area is 114 Å². The van der Waals surface area contributed by atoms with E-state index in [-0.39, 0.29) is 0 Å². The van der Waals surface area contributed by atoms with E-state index in [1.54, 1.807) is 6.20 Å². The number of aromatic nitrogens is 1. The maximum Gasteiger partial charge on any atom is 0.149 e. The van der Waals surface area contributed by atoms with Crippen LogP contribution >= 0.6 is 0 Å². The van der Waals surface area contributed by atoms with Crippen LogP contribution in [0.3, 0.4) is 0 Å². The molecule has 0 unspecified atom stereocenters. The fourth-order valence-corrected chi connectivity index (χ4v) is 1.90. The van der Waals surface area contributed by atoms with E-state index in [2.05, 4.69) is 46.5 Å². The van der Waals surface area contributed by atoms with Crippen molar-refractivity contribution in [1.82, 2.24) is 4.98 Å². The Morgan fingerprint density at radius 1 is 1.16 bits per heavy atom. The van der Waals surface area contributed by atoms with Crippen molar-refractivity contribution in [3.8, 4) is 0 Å². The van der Waals surface area contributed by atoms with Gasteiger partial charge in [-0.05, 0) is 30.7 Å². The molecule has 1 aromatic heterocycles. The molecule has 0 aliphatic rings. The maximum absolute atomic E-state index is 5.82. The second-order valence-electron chi connectivity index (χ2n) is 4.48. The Morgan fingerprint density at radius 3 is 2.68 bits per heavy atom. The van der Waals surface area contributed by atoms with Crippen LogP contribution in [0.2, 0.25) is 0 Å². The molecule has 0 atom stereocenters. The Kier molecular flexibility index (Phi) is 4.61. The number of rotatable bonds is 6. The Hall–Kier alpha value is -2.23. The summed E-state index contributed by atoms with van der Waals surface area (Å²) in [6.45, 7) is 1.85. The lowest BCUT2D eigenvalue weighted by Crippen LogP contribution is -2.21. The van der Waals surface area contributed by atoms with Gasteiger partial charge in [-0.1, -0.05) is 18.2 Å². The zero-order chi connectivity index (χ0) is 13.5. The van der Waals surface area contributed by atoms with Crippen LogP contribution in [0.15, 0.2) is 48.7 Å². The molecule has 0 aliphatic heterocycles. The van der Waals surface area contributed by atoms with Crippen LogP contribution < -0.4 is 16.0 Å². The zero-order valence-electron chi connectivity index (χ0n) is 11.2. The first kappa shape index (κ1) is 13.2. The first-order chi connectivity index (χ1) is 9.27. The lowest BCUT2D eigenvalue weighted by atomic mass is 10.3. The van der Waals surface area contributed by atoms with Gasteiger partial charge in [-0.15, -0.1) is 0 Å². The molecule has 0 spiro atoms. The highest BCUT2D eigenvalue weighted by atomic mass is 15.1. The van der Waals surface area contributed by atoms with Crippen LogP contribution in [0, 0.1) is 0 Å². The van der Waals surface area contributed by atoms with E-state index < -0.39 is 0 Å². The second kappa shape index (κ2) is 6.64. The van der Waals surface area contributed by atoms with Crippen molar-refractivity contribution in [2.45, 2.75) is 6.42 Å². The first-order valence-electron chi connectivity index (χ1n) is 6.48. The molecule has 0 radical (unpaired) electrons. The second-order valence-corrected chi connectivity index (χ2v) is 4.48. The van der Waals surface area contributed by atoms with Crippen LogP contribution in [0.4, 0.5) is 17.2 Å². The van der Waals surface area contributed by atoms with E-state index >= 15 is 0 Å². The molecule has 0 amide bonds. The summed E-state index contributed by atoms with van der Waals surface area (Å²) in [7, 11) is 2.10. The molecule has 19 heavy (non-hydrogen) atoms. The number of pyridine rings is 1. The van der Waals surface area contributed by atoms with E-state index in [1.807, 2.05) is 18.2 Å². The van der Waals surface area contributed by atoms with Gasteiger partial charge in [-0.25, -0.2) is 4.98 Å². The molecular formula is C15H20N4. The smallest absolute Gasteiger partial charge is 0.149 e. The number of para-hydroxylation sites is 1. The van der Waals surface area contributed by atoms with Gasteiger partial charge >= 0.3 is 0 Å². The van der Waals surface area contributed by atoms with E-state index in [0.29, 0.717) is 5.69 Å². The minimum atomic E-state index is 0.693. The summed E-state index contributed by atoms with van der Waals surface area (Å²) in [5.74, 6) is 0.768. The largest absolute Gasteiger partial charge is 0.396 e. The minimum absolute atomic E-state index is 0.693. The van der Waals surface area contributed by atoms with Crippen molar-refractivity contribution in [1.29, 1.82) is 0 Å². The van der Waals surface area contributed by atoms with Crippen LogP contribution in [0.25, 0.3) is 0 Å². The zero-order valence-corrected chi connectivity index (χ0v) is 11.2. The fraction of sp³-hybridized carbons (Fsp3) is 0.267. The molecule has 0 saturated heterocycles. The molecular weight excluding hydrogens is 236 g/mol. The van der Waals surface area contributed by atoms with Gasteiger partial charge in [0.15, 0.2) is 0 Å². The summed E-state index contributed by atoms with van der Waals surface area (Å²) in [5.41, 5.74) is 7.75. The average Bonchev–Trinajstić information content (AvgIpc) is 2.46. The number of nitrogens with zero attached hydrogens (tertiary/aromatic N) is 2. The third kappa shape index (κ3) is 3.88. The molecule has 4 heteroatoms. The fourth-order valence-electron chi connectivity index (χ4n) is 1.90. The topological polar surface area (TPSA) is 54.2 Å². The lowest BCUT2D eigenvalue weighted by molar-refractivity contribution is 0.814. The van der Waals surface area contributed by atoms with Gasteiger partial charge < -0.3 is 16.0 Å². The molecule has 0 saturated carbocycles. The van der Waals surface area contributed by atoms with Gasteiger partial charge in [0.25, 0.3) is 0 Å². The van der Waals surface area contributed by atoms with E-state index in [1.165, 1.54) is 5.69 Å². The number of hydrogen-bond donors (Lipinski definition) is 2. The highest BCUT2D eigenvalue weighted by Gasteiger charge is 2.00. The lowest BCUT2D eigenvalue weighted by Gasteiger charge is -2.19. The van der Waals surface area contributed by atoms with E-state index in [0.717, 1.165) is 25.3 Å². The van der Waals surface area contributed by atoms with Crippen LogP contribution in [-0.4, -0.2) is 25.1 Å². The third-order valence-corrected chi connectivity index (χ3v) is 3.00. The monoisotopic (exact) mass is 256 g/mol. The highest BCUT2D eigenvalue weighted by molar-refractivity contribution is 5.60. The number of anilines is 3. The van der Waals surface area contributed by atoms with Gasteiger partial charge in [0.1, 0.15) is 5.82 Å². The summed E-state index contributed by atoms with van der Waals surface area (Å²) in [4.78, 5) is 6.44. The normalized spacial score (nSPS) is 10.2. The van der Waals surface area contributed by atoms with Crippen molar-refractivity contribution < 1.29 is 0 Å². The summed E-state index contributed by atoms with van der Waals surface area (Å²) < 4.78 is 0. The molecule has 0 fully saturated rings. The quantitative estimate of drug-likeness (QED) is 0.780. The molecule has 0 bridgehead atoms. The summed E-state index contributed by atoms with van der Waals surface area (Å²) in [6, 6.07) is 14.1. The molecule has 2 aromatic rings. The number of nitrogen functional groups attached to an aromatic ring is 1. The van der Waals surface area contributed by atoms with Crippen molar-refractivity contribution in [2.24, 2.45) is 0 Å². The number of nitrogens with two attached hydrogens (primary N) is 1. The van der Waals surface area contributed by atoms with Gasteiger partial charge in [-0.2, -0.15) is 0 Å². The summed E-state index contributed by atoms with van der Waals surface area (Å²) in [6.07, 6.45) is 2.77. The number of nitrogens with one attached hydrogen (secondary N) is 1. The highest BCUT2D eigenvalue weighted by Crippen LogP contribution is 2.13. The molecule has 3 N–H and O–H groups in total. The van der Waals surface area contributed by atoms with Gasteiger partial charge in [-0.3, -0.25) is 0 Å². The first-order valence-corrected chi connectivity index (χ1v) is 6.48. The summed E-state index contributed by atoms with van der Waals surface area (Å²) in [5, 5.41) is 3.26. The summed E-state index contributed by atoms with van der Waals surface area (Å²) >= 11 is 0. The molecule has 1 heterocycles. The minimum Gasteiger partial charge on any atom is -0.396 e. The van der Waals surface area contributed by atoms with Crippen molar-refractivity contribution >= 4 is 17.2 Å². The molecule has 2 rings (SSSR count). The van der Waals surface area contributed by atoms with Gasteiger partial charge in [0.05, 0.1) is 5.69 Å². The van der Waals surface area contributed by atoms with E-state index in [9.17, 15) is 0 Å². The Morgan fingerprint density at radius 2 is 1.95 bits per heavy atom. The van der Waals surface area contributed by atoms with Crippen molar-refractivity contribution in [3.63, 3.8) is 0 Å². The standard InChI is InChI=1S/C15H20N4/c1-19(13-7-3-2-4-8-13)12-6-11-18-15-14(16)9-5-10-17-15/h2-5,7-10H,6,11-12,16H2,1H3,(H,17,18). The van der Waals surface area contributed by atoms with Crippen LogP contribution in [0.5, 0.6) is 0 Å². The average molecular weight is 256 g/mol. The number of hydrogen-bond acceptors (Lipinski definition) is 4. The van der Waals surface area contributed by atoms with Crippen molar-refractivity contribution in [2.75, 3.05) is 36.1 Å². The van der Waals surface area contributed by atoms with Gasteiger partial charge in [0.2, 0.25) is 0 Å². The maximum atomic E-state index is 5.82. The molecule has 0 aliphatic carbocycles. The predicted molar refractivity (Wildman–Crippen MR) is 81.5 cm³/mol. The molecule has 4 nitrogen and oxygen atoms in total. The third-order valence-electron chi connectivity index (χ3n) is 3.00. The SMILES string of the molecule is CN(CCCNc1ncccc1N)c1ccccc1. The van der Waals surface area contributed by atoms with Gasteiger partial charge in [0, 0.05) is 32.0 Å². The number of benzene rings is 1. The Balaban J connectivity index is 1.74. The van der Waals surface area contributed by atoms with Crippen LogP contribution in [-0.2, 0) is 0 Å². The molecule has 1 aromatic carbocycles. The van der Waals surface area contributed by atoms with Crippen LogP contribution in [0.1, 0.15) is 6.42 Å². The predicted octanol–water partition coefficient (Wildman–Crippen LogP) is 2.60. The van der Waals surface area contributed by atoms with Crippen molar-refractivity contribution in [3.05, 3.63) is 48.7 Å². The molecule has 100 valence electrons. The van der Waals surface area contributed by atoms with E-state index in [4.69, 9.17) is 5.73 Å². The Bertz CT molecular complexity index is 499.